The second-order valence-corrected chi connectivity index (χ2v) is 6.87. The van der Waals surface area contributed by atoms with E-state index in [1.54, 1.807) is 6.20 Å². The van der Waals surface area contributed by atoms with Gasteiger partial charge < -0.3 is 15.0 Å². The first kappa shape index (κ1) is 12.9. The minimum atomic E-state index is -0.725. The molecule has 2 N–H and O–H groups in total. The Morgan fingerprint density at radius 3 is 2.71 bits per heavy atom. The molecule has 2 bridgehead atoms. The van der Waals surface area contributed by atoms with Crippen LogP contribution in [0.25, 0.3) is 0 Å². The third-order valence-electron chi connectivity index (χ3n) is 5.32. The van der Waals surface area contributed by atoms with Crippen molar-refractivity contribution in [2.45, 2.75) is 57.0 Å². The molecule has 1 aromatic rings. The first-order chi connectivity index (χ1) is 10.0. The number of aliphatic carboxylic acids is 1. The van der Waals surface area contributed by atoms with Crippen molar-refractivity contribution >= 4 is 11.9 Å². The highest BCUT2D eigenvalue weighted by molar-refractivity contribution is 5.94. The van der Waals surface area contributed by atoms with Crippen molar-refractivity contribution in [1.82, 2.24) is 14.9 Å². The standard InChI is InChI=1S/C15H19N3O3/c19-12(17-15-7-14(8-15,9-15)13(20)21)10-6-16-11-4-2-1-3-5-18(10)11/h6H,1-5,7-9H2,(H,17,19)(H,20,21). The van der Waals surface area contributed by atoms with Crippen LogP contribution in [0.4, 0.5) is 0 Å². The summed E-state index contributed by atoms with van der Waals surface area (Å²) in [5.74, 6) is 0.170. The molecular formula is C15H19N3O3. The van der Waals surface area contributed by atoms with Crippen LogP contribution >= 0.6 is 0 Å². The Morgan fingerprint density at radius 1 is 1.24 bits per heavy atom. The molecule has 0 spiro atoms. The third-order valence-corrected chi connectivity index (χ3v) is 5.32. The molecule has 0 saturated heterocycles. The zero-order valence-electron chi connectivity index (χ0n) is 11.9. The Kier molecular flexibility index (Phi) is 2.50. The number of carbonyl (C=O) groups excluding carboxylic acids is 1. The maximum atomic E-state index is 12.5. The predicted molar refractivity (Wildman–Crippen MR) is 73.9 cm³/mol. The summed E-state index contributed by atoms with van der Waals surface area (Å²) >= 11 is 0. The number of carbonyl (C=O) groups is 2. The average molecular weight is 289 g/mol. The van der Waals surface area contributed by atoms with Gasteiger partial charge in [0.25, 0.3) is 5.91 Å². The zero-order valence-corrected chi connectivity index (χ0v) is 11.9. The van der Waals surface area contributed by atoms with Crippen molar-refractivity contribution < 1.29 is 14.7 Å². The number of fused-ring (bicyclic) bond motifs is 1. The lowest BCUT2D eigenvalue weighted by atomic mass is 9.39. The molecule has 1 aliphatic heterocycles. The van der Waals surface area contributed by atoms with E-state index in [1.165, 1.54) is 6.42 Å². The largest absolute Gasteiger partial charge is 0.481 e. The minimum Gasteiger partial charge on any atom is -0.481 e. The molecule has 6 nitrogen and oxygen atoms in total. The molecule has 3 aliphatic carbocycles. The quantitative estimate of drug-likeness (QED) is 0.879. The van der Waals surface area contributed by atoms with E-state index < -0.39 is 11.4 Å². The summed E-state index contributed by atoms with van der Waals surface area (Å²) in [5, 5.41) is 12.2. The minimum absolute atomic E-state index is 0.102. The van der Waals surface area contributed by atoms with Crippen LogP contribution in [0.3, 0.4) is 0 Å². The predicted octanol–water partition coefficient (Wildman–Crippen LogP) is 1.35. The molecule has 5 rings (SSSR count). The summed E-state index contributed by atoms with van der Waals surface area (Å²) < 4.78 is 2.03. The fourth-order valence-electron chi connectivity index (χ4n) is 4.23. The number of nitrogens with one attached hydrogen (secondary N) is 1. The number of aromatic nitrogens is 2. The molecule has 3 fully saturated rings. The number of imidazole rings is 1. The van der Waals surface area contributed by atoms with Gasteiger partial charge in [-0.15, -0.1) is 0 Å². The highest BCUT2D eigenvalue weighted by Crippen LogP contribution is 2.67. The Morgan fingerprint density at radius 2 is 2.00 bits per heavy atom. The van der Waals surface area contributed by atoms with Crippen molar-refractivity contribution in [1.29, 1.82) is 0 Å². The second-order valence-electron chi connectivity index (χ2n) is 6.87. The molecule has 1 amide bonds. The van der Waals surface area contributed by atoms with Crippen molar-refractivity contribution in [2.24, 2.45) is 5.41 Å². The van der Waals surface area contributed by atoms with E-state index in [-0.39, 0.29) is 11.4 Å². The summed E-state index contributed by atoms with van der Waals surface area (Å²) in [6.07, 6.45) is 7.69. The highest BCUT2D eigenvalue weighted by Gasteiger charge is 2.72. The summed E-state index contributed by atoms with van der Waals surface area (Å²) in [4.78, 5) is 28.0. The topological polar surface area (TPSA) is 84.2 Å². The number of aryl methyl sites for hydroxylation is 1. The van der Waals surface area contributed by atoms with Crippen LogP contribution < -0.4 is 5.32 Å². The third kappa shape index (κ3) is 1.74. The van der Waals surface area contributed by atoms with Crippen molar-refractivity contribution in [3.63, 3.8) is 0 Å². The van der Waals surface area contributed by atoms with Gasteiger partial charge >= 0.3 is 5.97 Å². The molecule has 21 heavy (non-hydrogen) atoms. The number of rotatable bonds is 3. The summed E-state index contributed by atoms with van der Waals surface area (Å²) in [6, 6.07) is 0. The maximum absolute atomic E-state index is 12.5. The summed E-state index contributed by atoms with van der Waals surface area (Å²) in [7, 11) is 0. The van der Waals surface area contributed by atoms with E-state index in [0.717, 1.165) is 31.6 Å². The van der Waals surface area contributed by atoms with Crippen molar-refractivity contribution in [3.05, 3.63) is 17.7 Å². The van der Waals surface area contributed by atoms with Crippen molar-refractivity contribution in [3.8, 4) is 0 Å². The molecule has 1 aromatic heterocycles. The first-order valence-corrected chi connectivity index (χ1v) is 7.64. The number of nitrogens with zero attached hydrogens (tertiary/aromatic N) is 2. The zero-order chi connectivity index (χ0) is 14.7. The van der Waals surface area contributed by atoms with Crippen molar-refractivity contribution in [2.75, 3.05) is 0 Å². The van der Waals surface area contributed by atoms with Crippen LogP contribution in [0.1, 0.15) is 54.8 Å². The smallest absolute Gasteiger partial charge is 0.309 e. The lowest BCUT2D eigenvalue weighted by Gasteiger charge is -2.67. The van der Waals surface area contributed by atoms with Gasteiger partial charge in [0.2, 0.25) is 0 Å². The number of amides is 1. The first-order valence-electron chi connectivity index (χ1n) is 7.64. The van der Waals surface area contributed by atoms with Gasteiger partial charge in [0, 0.05) is 18.5 Å². The van der Waals surface area contributed by atoms with Gasteiger partial charge in [0.15, 0.2) is 0 Å². The van der Waals surface area contributed by atoms with Gasteiger partial charge in [0.05, 0.1) is 11.6 Å². The SMILES string of the molecule is O=C(NC12CC(C(=O)O)(C1)C2)c1cnc2n1CCCCC2. The fourth-order valence-corrected chi connectivity index (χ4v) is 4.23. The van der Waals surface area contributed by atoms with Gasteiger partial charge in [-0.25, -0.2) is 4.98 Å². The number of hydrogen-bond acceptors (Lipinski definition) is 3. The average Bonchev–Trinajstić information content (AvgIpc) is 2.60. The van der Waals surface area contributed by atoms with Gasteiger partial charge in [0.1, 0.15) is 11.5 Å². The van der Waals surface area contributed by atoms with E-state index in [4.69, 9.17) is 5.11 Å². The second kappa shape index (κ2) is 4.08. The van der Waals surface area contributed by atoms with E-state index >= 15 is 0 Å². The Labute approximate surface area is 122 Å². The molecule has 0 radical (unpaired) electrons. The molecule has 0 aromatic carbocycles. The fraction of sp³-hybridized carbons (Fsp3) is 0.667. The molecule has 2 heterocycles. The molecular weight excluding hydrogens is 270 g/mol. The van der Waals surface area contributed by atoms with Crippen LogP contribution in [0.2, 0.25) is 0 Å². The molecule has 3 saturated carbocycles. The van der Waals surface area contributed by atoms with E-state index in [1.807, 2.05) is 4.57 Å². The number of carboxylic acid groups (broad SMARTS) is 1. The van der Waals surface area contributed by atoms with Crippen LogP contribution in [0.5, 0.6) is 0 Å². The Bertz CT molecular complexity index is 614. The van der Waals surface area contributed by atoms with Gasteiger partial charge in [-0.2, -0.15) is 0 Å². The molecule has 6 heteroatoms. The van der Waals surface area contributed by atoms with E-state index in [0.29, 0.717) is 25.0 Å². The molecule has 112 valence electrons. The Balaban J connectivity index is 1.48. The summed E-state index contributed by atoms with van der Waals surface area (Å²) in [6.45, 7) is 0.851. The van der Waals surface area contributed by atoms with Gasteiger partial charge in [-0.3, -0.25) is 9.59 Å². The molecule has 4 aliphatic rings. The van der Waals surface area contributed by atoms with Crippen LogP contribution in [0, 0.1) is 5.41 Å². The van der Waals surface area contributed by atoms with Gasteiger partial charge in [-0.1, -0.05) is 6.42 Å². The van der Waals surface area contributed by atoms with Crippen LogP contribution in [-0.4, -0.2) is 32.1 Å². The van der Waals surface area contributed by atoms with Crippen LogP contribution in [-0.2, 0) is 17.8 Å². The van der Waals surface area contributed by atoms with E-state index in [2.05, 4.69) is 10.3 Å². The normalized spacial score (nSPS) is 33.1. The molecule has 0 unspecified atom stereocenters. The maximum Gasteiger partial charge on any atom is 0.309 e. The summed E-state index contributed by atoms with van der Waals surface area (Å²) in [5.41, 5.74) is -0.201. The Hall–Kier alpha value is -1.85. The highest BCUT2D eigenvalue weighted by atomic mass is 16.4. The molecule has 0 atom stereocenters. The monoisotopic (exact) mass is 289 g/mol. The van der Waals surface area contributed by atoms with Crippen LogP contribution in [0.15, 0.2) is 6.20 Å². The number of carboxylic acids is 1. The van der Waals surface area contributed by atoms with Gasteiger partial charge in [-0.05, 0) is 32.1 Å². The number of hydrogen-bond donors (Lipinski definition) is 2. The lowest BCUT2D eigenvalue weighted by Crippen LogP contribution is -2.77. The van der Waals surface area contributed by atoms with E-state index in [9.17, 15) is 9.59 Å². The lowest BCUT2D eigenvalue weighted by molar-refractivity contribution is -0.196.